The van der Waals surface area contributed by atoms with Crippen LogP contribution in [0.5, 0.6) is 0 Å². The van der Waals surface area contributed by atoms with Crippen LogP contribution in [0.4, 0.5) is 0 Å². The molecule has 0 unspecified atom stereocenters. The van der Waals surface area contributed by atoms with Gasteiger partial charge in [-0.25, -0.2) is 0 Å². The monoisotopic (exact) mass is 336 g/mol. The van der Waals surface area contributed by atoms with Crippen molar-refractivity contribution in [1.29, 1.82) is 0 Å². The molecule has 4 heteroatoms. The number of carbonyl (C=O) groups excluding carboxylic acids is 2. The summed E-state index contributed by atoms with van der Waals surface area (Å²) >= 11 is 0. The predicted octanol–water partition coefficient (Wildman–Crippen LogP) is 3.40. The first-order valence-electron chi connectivity index (χ1n) is 8.75. The van der Waals surface area contributed by atoms with Gasteiger partial charge in [-0.2, -0.15) is 0 Å². The minimum Gasteiger partial charge on any atom is -0.343 e. The summed E-state index contributed by atoms with van der Waals surface area (Å²) in [5.41, 5.74) is 3.71. The van der Waals surface area contributed by atoms with Crippen LogP contribution < -0.4 is 5.32 Å². The summed E-state index contributed by atoms with van der Waals surface area (Å²) in [6, 6.07) is 15.5. The number of benzene rings is 2. The highest BCUT2D eigenvalue weighted by atomic mass is 16.2. The molecule has 25 heavy (non-hydrogen) atoms. The van der Waals surface area contributed by atoms with Crippen molar-refractivity contribution in [1.82, 2.24) is 10.2 Å². The average Bonchev–Trinajstić information content (AvgIpc) is 3.02. The Morgan fingerprint density at radius 1 is 1.16 bits per heavy atom. The Morgan fingerprint density at radius 3 is 2.60 bits per heavy atom. The van der Waals surface area contributed by atoms with E-state index in [0.717, 1.165) is 29.7 Å². The van der Waals surface area contributed by atoms with Crippen molar-refractivity contribution in [2.24, 2.45) is 0 Å². The average molecular weight is 336 g/mol. The second kappa shape index (κ2) is 7.51. The predicted molar refractivity (Wildman–Crippen MR) is 98.4 cm³/mol. The smallest absolute Gasteiger partial charge is 0.252 e. The maximum Gasteiger partial charge on any atom is 0.252 e. The van der Waals surface area contributed by atoms with E-state index >= 15 is 0 Å². The number of amides is 2. The van der Waals surface area contributed by atoms with Crippen LogP contribution in [0.25, 0.3) is 0 Å². The summed E-state index contributed by atoms with van der Waals surface area (Å²) in [7, 11) is 0. The van der Waals surface area contributed by atoms with Gasteiger partial charge in [-0.3, -0.25) is 9.59 Å². The summed E-state index contributed by atoms with van der Waals surface area (Å²) in [6.45, 7) is 5.20. The van der Waals surface area contributed by atoms with Crippen LogP contribution in [-0.2, 0) is 4.79 Å². The lowest BCUT2D eigenvalue weighted by Crippen LogP contribution is -2.38. The van der Waals surface area contributed by atoms with E-state index in [1.165, 1.54) is 0 Å². The van der Waals surface area contributed by atoms with Crippen LogP contribution in [-0.4, -0.2) is 29.8 Å². The molecule has 2 aromatic carbocycles. The van der Waals surface area contributed by atoms with Crippen molar-refractivity contribution < 1.29 is 9.59 Å². The van der Waals surface area contributed by atoms with Crippen molar-refractivity contribution >= 4 is 11.8 Å². The summed E-state index contributed by atoms with van der Waals surface area (Å²) in [4.78, 5) is 26.7. The number of nitrogens with one attached hydrogen (secondary N) is 1. The lowest BCUT2D eigenvalue weighted by atomic mass is 10.0. The van der Waals surface area contributed by atoms with E-state index in [-0.39, 0.29) is 17.9 Å². The Hall–Kier alpha value is -2.62. The third kappa shape index (κ3) is 4.08. The van der Waals surface area contributed by atoms with Crippen LogP contribution in [0.15, 0.2) is 48.5 Å². The van der Waals surface area contributed by atoms with Crippen LogP contribution in [0.2, 0.25) is 0 Å². The van der Waals surface area contributed by atoms with Gasteiger partial charge in [0.1, 0.15) is 0 Å². The highest BCUT2D eigenvalue weighted by Gasteiger charge is 2.25. The Balaban J connectivity index is 1.83. The van der Waals surface area contributed by atoms with Crippen LogP contribution in [0, 0.1) is 13.8 Å². The third-order valence-corrected chi connectivity index (χ3v) is 4.72. The second-order valence-corrected chi connectivity index (χ2v) is 6.70. The lowest BCUT2D eigenvalue weighted by molar-refractivity contribution is -0.128. The molecule has 3 rings (SSSR count). The molecular weight excluding hydrogens is 312 g/mol. The Kier molecular flexibility index (Phi) is 5.17. The van der Waals surface area contributed by atoms with E-state index in [9.17, 15) is 9.59 Å². The number of rotatable bonds is 5. The van der Waals surface area contributed by atoms with Crippen LogP contribution >= 0.6 is 0 Å². The van der Waals surface area contributed by atoms with E-state index in [1.807, 2.05) is 67.3 Å². The van der Waals surface area contributed by atoms with Gasteiger partial charge in [0.25, 0.3) is 5.91 Å². The molecule has 1 saturated heterocycles. The van der Waals surface area contributed by atoms with Gasteiger partial charge in [-0.1, -0.05) is 48.0 Å². The molecule has 2 aromatic rings. The van der Waals surface area contributed by atoms with Gasteiger partial charge in [0.05, 0.1) is 6.04 Å². The summed E-state index contributed by atoms with van der Waals surface area (Å²) in [6.07, 6.45) is 1.50. The van der Waals surface area contributed by atoms with Crippen molar-refractivity contribution in [2.45, 2.75) is 32.7 Å². The molecule has 0 aliphatic carbocycles. The van der Waals surface area contributed by atoms with Crippen molar-refractivity contribution in [3.05, 3.63) is 70.8 Å². The largest absolute Gasteiger partial charge is 0.343 e. The lowest BCUT2D eigenvalue weighted by Gasteiger charge is -2.25. The van der Waals surface area contributed by atoms with E-state index in [4.69, 9.17) is 0 Å². The minimum absolute atomic E-state index is 0.0956. The molecule has 0 saturated carbocycles. The summed E-state index contributed by atoms with van der Waals surface area (Å²) in [5.74, 6) is 0.0728. The first-order chi connectivity index (χ1) is 12.0. The Morgan fingerprint density at radius 2 is 1.92 bits per heavy atom. The van der Waals surface area contributed by atoms with Crippen molar-refractivity contribution in [3.63, 3.8) is 0 Å². The molecule has 2 amide bonds. The Labute approximate surface area is 148 Å². The van der Waals surface area contributed by atoms with Gasteiger partial charge in [0.2, 0.25) is 5.91 Å². The number of hydrogen-bond acceptors (Lipinski definition) is 2. The van der Waals surface area contributed by atoms with E-state index in [2.05, 4.69) is 5.32 Å². The maximum absolute atomic E-state index is 12.8. The SMILES string of the molecule is Cc1ccc(C)c(C(=O)N[C@H](CN2CCCC2=O)c2ccccc2)c1. The molecular formula is C21H24N2O2. The van der Waals surface area contributed by atoms with Gasteiger partial charge in [-0.05, 0) is 37.5 Å². The zero-order chi connectivity index (χ0) is 17.8. The normalized spacial score (nSPS) is 15.3. The van der Waals surface area contributed by atoms with Gasteiger partial charge in [0.15, 0.2) is 0 Å². The number of carbonyl (C=O) groups is 2. The number of hydrogen-bond donors (Lipinski definition) is 1. The molecule has 4 nitrogen and oxygen atoms in total. The van der Waals surface area contributed by atoms with Crippen molar-refractivity contribution in [3.8, 4) is 0 Å². The quantitative estimate of drug-likeness (QED) is 0.910. The molecule has 1 aliphatic rings. The minimum atomic E-state index is -0.212. The zero-order valence-electron chi connectivity index (χ0n) is 14.8. The summed E-state index contributed by atoms with van der Waals surface area (Å²) in [5, 5.41) is 3.13. The molecule has 1 aliphatic heterocycles. The highest BCUT2D eigenvalue weighted by Crippen LogP contribution is 2.20. The third-order valence-electron chi connectivity index (χ3n) is 4.72. The van der Waals surface area contributed by atoms with Crippen molar-refractivity contribution in [2.75, 3.05) is 13.1 Å². The molecule has 0 spiro atoms. The molecule has 0 radical (unpaired) electrons. The molecule has 130 valence electrons. The topological polar surface area (TPSA) is 49.4 Å². The van der Waals surface area contributed by atoms with E-state index in [0.29, 0.717) is 18.5 Å². The molecule has 1 heterocycles. The fraction of sp³-hybridized carbons (Fsp3) is 0.333. The second-order valence-electron chi connectivity index (χ2n) is 6.70. The standard InChI is InChI=1S/C21H24N2O2/c1-15-10-11-16(2)18(13-15)21(25)22-19(17-7-4-3-5-8-17)14-23-12-6-9-20(23)24/h3-5,7-8,10-11,13,19H,6,9,12,14H2,1-2H3,(H,22,25)/t19-/m1/s1. The molecule has 1 atom stereocenters. The van der Waals surface area contributed by atoms with Crippen LogP contribution in [0.3, 0.4) is 0 Å². The fourth-order valence-corrected chi connectivity index (χ4v) is 3.25. The molecule has 0 aromatic heterocycles. The first-order valence-corrected chi connectivity index (χ1v) is 8.75. The van der Waals surface area contributed by atoms with E-state index in [1.54, 1.807) is 0 Å². The Bertz CT molecular complexity index is 771. The zero-order valence-corrected chi connectivity index (χ0v) is 14.8. The number of nitrogens with zero attached hydrogens (tertiary/aromatic N) is 1. The van der Waals surface area contributed by atoms with Gasteiger partial charge < -0.3 is 10.2 Å². The molecule has 1 N–H and O–H groups in total. The van der Waals surface area contributed by atoms with Gasteiger partial charge in [0, 0.05) is 25.1 Å². The van der Waals surface area contributed by atoms with Crippen LogP contribution in [0.1, 0.15) is 45.9 Å². The summed E-state index contributed by atoms with van der Waals surface area (Å²) < 4.78 is 0. The fourth-order valence-electron chi connectivity index (χ4n) is 3.25. The number of aryl methyl sites for hydroxylation is 2. The van der Waals surface area contributed by atoms with Gasteiger partial charge >= 0.3 is 0 Å². The highest BCUT2D eigenvalue weighted by molar-refractivity contribution is 5.96. The number of likely N-dealkylation sites (tertiary alicyclic amines) is 1. The van der Waals surface area contributed by atoms with Gasteiger partial charge in [-0.15, -0.1) is 0 Å². The molecule has 0 bridgehead atoms. The van der Waals surface area contributed by atoms with E-state index < -0.39 is 0 Å². The maximum atomic E-state index is 12.8. The molecule has 1 fully saturated rings. The first kappa shape index (κ1) is 17.2.